The minimum absolute atomic E-state index is 0.0773. The van der Waals surface area contributed by atoms with Crippen molar-refractivity contribution in [3.63, 3.8) is 0 Å². The van der Waals surface area contributed by atoms with Crippen molar-refractivity contribution < 1.29 is 9.53 Å². The standard InChI is InChI=1S/C23H25N5O2S3/c1-5-23(3)11-15-16(12-30-23)33-20-17(15)18-26-27-22(28(18)21(25-20)31-4)32-13(2)19(29)24-14-9-7-6-8-10-14/h6-10,13H,5,11-12H2,1-4H3,(H,24,29). The molecule has 3 aromatic heterocycles. The molecular weight excluding hydrogens is 474 g/mol. The SMILES string of the molecule is CCC1(C)Cc2c(sc3nc(SC)n4c(SC(C)C(=O)Nc5ccccc5)nnc4c23)CO1. The first-order valence-electron chi connectivity index (χ1n) is 10.8. The lowest BCUT2D eigenvalue weighted by Gasteiger charge is -2.33. The maximum Gasteiger partial charge on any atom is 0.237 e. The highest BCUT2D eigenvalue weighted by Crippen LogP contribution is 2.42. The summed E-state index contributed by atoms with van der Waals surface area (Å²) in [5.74, 6) is -0.0773. The fraction of sp³-hybridized carbons (Fsp3) is 0.391. The smallest absolute Gasteiger partial charge is 0.237 e. The molecule has 0 radical (unpaired) electrons. The number of thioether (sulfide) groups is 2. The summed E-state index contributed by atoms with van der Waals surface area (Å²) in [4.78, 5) is 19.9. The Kier molecular flexibility index (Phi) is 6.11. The Bertz CT molecular complexity index is 1340. The third-order valence-electron chi connectivity index (χ3n) is 6.04. The number of thiophene rings is 1. The van der Waals surface area contributed by atoms with Gasteiger partial charge < -0.3 is 10.1 Å². The van der Waals surface area contributed by atoms with Crippen LogP contribution in [0.15, 0.2) is 40.6 Å². The van der Waals surface area contributed by atoms with E-state index in [9.17, 15) is 4.79 Å². The van der Waals surface area contributed by atoms with Gasteiger partial charge in [-0.2, -0.15) is 0 Å². The minimum Gasteiger partial charge on any atom is -0.369 e. The lowest BCUT2D eigenvalue weighted by Crippen LogP contribution is -2.33. The number of rotatable bonds is 6. The number of carbonyl (C=O) groups is 1. The molecule has 2 atom stereocenters. The van der Waals surface area contributed by atoms with E-state index in [0.29, 0.717) is 11.8 Å². The Morgan fingerprint density at radius 1 is 1.30 bits per heavy atom. The normalized spacial score (nSPS) is 19.0. The van der Waals surface area contributed by atoms with Gasteiger partial charge in [-0.1, -0.05) is 48.6 Å². The number of benzene rings is 1. The van der Waals surface area contributed by atoms with E-state index in [0.717, 1.165) is 39.5 Å². The van der Waals surface area contributed by atoms with Gasteiger partial charge in [-0.05, 0) is 44.2 Å². The molecule has 1 amide bonds. The molecule has 1 aromatic carbocycles. The molecule has 172 valence electrons. The van der Waals surface area contributed by atoms with Crippen LogP contribution in [0.5, 0.6) is 0 Å². The second kappa shape index (κ2) is 8.90. The Morgan fingerprint density at radius 2 is 2.09 bits per heavy atom. The average Bonchev–Trinajstić information content (AvgIpc) is 3.39. The minimum atomic E-state index is -0.351. The molecule has 0 saturated heterocycles. The van der Waals surface area contributed by atoms with Crippen LogP contribution < -0.4 is 5.32 Å². The highest BCUT2D eigenvalue weighted by atomic mass is 32.2. The second-order valence-electron chi connectivity index (χ2n) is 8.31. The molecule has 33 heavy (non-hydrogen) atoms. The fourth-order valence-electron chi connectivity index (χ4n) is 3.93. The van der Waals surface area contributed by atoms with Crippen molar-refractivity contribution in [1.29, 1.82) is 0 Å². The summed E-state index contributed by atoms with van der Waals surface area (Å²) in [5.41, 5.74) is 2.67. The molecule has 0 saturated carbocycles. The number of nitrogens with one attached hydrogen (secondary N) is 1. The molecule has 0 spiro atoms. The number of hydrogen-bond donors (Lipinski definition) is 1. The number of para-hydroxylation sites is 1. The van der Waals surface area contributed by atoms with Crippen LogP contribution in [-0.4, -0.2) is 42.6 Å². The molecule has 4 aromatic rings. The lowest BCUT2D eigenvalue weighted by atomic mass is 9.90. The summed E-state index contributed by atoms with van der Waals surface area (Å²) in [6, 6.07) is 9.48. The summed E-state index contributed by atoms with van der Waals surface area (Å²) in [7, 11) is 0. The van der Waals surface area contributed by atoms with Crippen LogP contribution in [0.3, 0.4) is 0 Å². The van der Waals surface area contributed by atoms with Gasteiger partial charge >= 0.3 is 0 Å². The zero-order valence-electron chi connectivity index (χ0n) is 18.9. The molecule has 1 aliphatic heterocycles. The Balaban J connectivity index is 1.52. The topological polar surface area (TPSA) is 81.4 Å². The van der Waals surface area contributed by atoms with Crippen LogP contribution in [0, 0.1) is 0 Å². The van der Waals surface area contributed by atoms with E-state index in [4.69, 9.17) is 9.72 Å². The monoisotopic (exact) mass is 499 g/mol. The molecule has 1 aliphatic rings. The Hall–Kier alpha value is -2.14. The summed E-state index contributed by atoms with van der Waals surface area (Å²) < 4.78 is 8.15. The maximum absolute atomic E-state index is 12.8. The number of ether oxygens (including phenoxy) is 1. The predicted octanol–water partition coefficient (Wildman–Crippen LogP) is 5.42. The van der Waals surface area contributed by atoms with Crippen LogP contribution >= 0.6 is 34.9 Å². The molecule has 5 rings (SSSR count). The molecular formula is C23H25N5O2S3. The number of fused-ring (bicyclic) bond motifs is 5. The predicted molar refractivity (Wildman–Crippen MR) is 136 cm³/mol. The fourth-order valence-corrected chi connectivity index (χ4v) is 6.53. The first kappa shape index (κ1) is 22.6. The van der Waals surface area contributed by atoms with E-state index in [1.807, 2.05) is 47.9 Å². The van der Waals surface area contributed by atoms with Gasteiger partial charge in [0.2, 0.25) is 5.91 Å². The van der Waals surface area contributed by atoms with E-state index >= 15 is 0 Å². The van der Waals surface area contributed by atoms with Crippen molar-refractivity contribution in [3.05, 3.63) is 40.8 Å². The van der Waals surface area contributed by atoms with Gasteiger partial charge in [0.15, 0.2) is 16.0 Å². The maximum atomic E-state index is 12.8. The van der Waals surface area contributed by atoms with E-state index in [1.165, 1.54) is 22.2 Å². The first-order chi connectivity index (χ1) is 15.9. The highest BCUT2D eigenvalue weighted by Gasteiger charge is 2.34. The molecule has 0 bridgehead atoms. The van der Waals surface area contributed by atoms with Crippen LogP contribution in [0.1, 0.15) is 37.6 Å². The van der Waals surface area contributed by atoms with Crippen molar-refractivity contribution in [2.45, 2.75) is 61.4 Å². The molecule has 4 heterocycles. The zero-order chi connectivity index (χ0) is 23.2. The molecule has 1 N–H and O–H groups in total. The van der Waals surface area contributed by atoms with Crippen molar-refractivity contribution in [3.8, 4) is 0 Å². The van der Waals surface area contributed by atoms with Crippen LogP contribution in [0.4, 0.5) is 5.69 Å². The van der Waals surface area contributed by atoms with E-state index in [1.54, 1.807) is 23.1 Å². The molecule has 2 unspecified atom stereocenters. The first-order valence-corrected chi connectivity index (χ1v) is 13.7. The quantitative estimate of drug-likeness (QED) is 0.280. The van der Waals surface area contributed by atoms with Gasteiger partial charge in [-0.3, -0.25) is 4.79 Å². The lowest BCUT2D eigenvalue weighted by molar-refractivity contribution is -0.115. The highest BCUT2D eigenvalue weighted by molar-refractivity contribution is 8.00. The third kappa shape index (κ3) is 4.14. The van der Waals surface area contributed by atoms with Crippen molar-refractivity contribution in [2.24, 2.45) is 0 Å². The van der Waals surface area contributed by atoms with Gasteiger partial charge in [0.25, 0.3) is 0 Å². The number of amides is 1. The number of carbonyl (C=O) groups excluding carboxylic acids is 1. The summed E-state index contributed by atoms with van der Waals surface area (Å²) in [6.45, 7) is 6.81. The van der Waals surface area contributed by atoms with Crippen LogP contribution in [-0.2, 0) is 22.6 Å². The summed E-state index contributed by atoms with van der Waals surface area (Å²) >= 11 is 4.63. The zero-order valence-corrected chi connectivity index (χ0v) is 21.4. The molecule has 7 nitrogen and oxygen atoms in total. The van der Waals surface area contributed by atoms with Crippen molar-refractivity contribution >= 4 is 62.3 Å². The number of hydrogen-bond acceptors (Lipinski definition) is 8. The number of nitrogens with zero attached hydrogens (tertiary/aromatic N) is 4. The van der Waals surface area contributed by atoms with Gasteiger partial charge in [-0.15, -0.1) is 21.5 Å². The van der Waals surface area contributed by atoms with Gasteiger partial charge in [0.1, 0.15) is 4.83 Å². The second-order valence-corrected chi connectivity index (χ2v) is 11.5. The van der Waals surface area contributed by atoms with Gasteiger partial charge in [0, 0.05) is 17.0 Å². The summed E-state index contributed by atoms with van der Waals surface area (Å²) in [6.07, 6.45) is 3.77. The number of aromatic nitrogens is 4. The molecule has 10 heteroatoms. The van der Waals surface area contributed by atoms with E-state index in [-0.39, 0.29) is 16.8 Å². The van der Waals surface area contributed by atoms with Gasteiger partial charge in [0.05, 0.1) is 22.8 Å². The summed E-state index contributed by atoms with van der Waals surface area (Å²) in [5, 5.41) is 14.2. The van der Waals surface area contributed by atoms with Gasteiger partial charge in [-0.25, -0.2) is 9.38 Å². The third-order valence-corrected chi connectivity index (χ3v) is 8.82. The van der Waals surface area contributed by atoms with E-state index < -0.39 is 0 Å². The Morgan fingerprint density at radius 3 is 2.82 bits per heavy atom. The largest absolute Gasteiger partial charge is 0.369 e. The number of anilines is 1. The molecule has 0 fully saturated rings. The van der Waals surface area contributed by atoms with Crippen LogP contribution in [0.25, 0.3) is 15.9 Å². The van der Waals surface area contributed by atoms with Crippen molar-refractivity contribution in [1.82, 2.24) is 19.6 Å². The average molecular weight is 500 g/mol. The van der Waals surface area contributed by atoms with Crippen molar-refractivity contribution in [2.75, 3.05) is 11.6 Å². The van der Waals surface area contributed by atoms with Crippen LogP contribution in [0.2, 0.25) is 0 Å². The molecule has 0 aliphatic carbocycles. The Labute approximate surface area is 204 Å². The van der Waals surface area contributed by atoms with E-state index in [2.05, 4.69) is 29.4 Å².